The van der Waals surface area contributed by atoms with Gasteiger partial charge in [0.15, 0.2) is 5.17 Å². The van der Waals surface area contributed by atoms with Crippen LogP contribution in [0.15, 0.2) is 81.9 Å². The van der Waals surface area contributed by atoms with Gasteiger partial charge < -0.3 is 9.47 Å². The number of carbonyl (C=O) groups is 2. The molecule has 31 heavy (non-hydrogen) atoms. The summed E-state index contributed by atoms with van der Waals surface area (Å²) in [6.45, 7) is 0.316. The molecule has 0 N–H and O–H groups in total. The summed E-state index contributed by atoms with van der Waals surface area (Å²) in [7, 11) is 2.88. The van der Waals surface area contributed by atoms with Crippen molar-refractivity contribution in [3.63, 3.8) is 0 Å². The number of hydrogen-bond donors (Lipinski definition) is 0. The quantitative estimate of drug-likeness (QED) is 0.285. The number of amides is 1. The van der Waals surface area contributed by atoms with E-state index in [0.717, 1.165) is 28.6 Å². The summed E-state index contributed by atoms with van der Waals surface area (Å²) < 4.78 is 9.94. The minimum atomic E-state index is -0.597. The summed E-state index contributed by atoms with van der Waals surface area (Å²) in [6, 6.07) is 17.1. The zero-order valence-corrected chi connectivity index (χ0v) is 17.9. The first-order chi connectivity index (χ1) is 15.1. The number of benzene rings is 2. The normalized spacial score (nSPS) is 16.7. The molecule has 0 unspecified atom stereocenters. The van der Waals surface area contributed by atoms with Gasteiger partial charge in [-0.15, -0.1) is 5.10 Å². The Bertz CT molecular complexity index is 1060. The number of carbonyl (C=O) groups excluding carboxylic acids is 2. The lowest BCUT2D eigenvalue weighted by molar-refractivity contribution is -0.135. The molecule has 1 aliphatic heterocycles. The smallest absolute Gasteiger partial charge is 0.331 e. The standard InChI is InChI=1S/C23H21N3O4S/c1-29-19-13-7-6-11-18(19)12-8-14-24-25-23-26(16-17-9-4-3-5-10-17)22(28)20(31-23)15-21(27)30-2/h3-15H,16H2,1-2H3/b12-8+,20-15-,24-14+,25-23-. The van der Waals surface area contributed by atoms with Crippen LogP contribution in [-0.4, -0.2) is 42.4 Å². The summed E-state index contributed by atoms with van der Waals surface area (Å²) in [6.07, 6.45) is 6.27. The summed E-state index contributed by atoms with van der Waals surface area (Å²) in [4.78, 5) is 26.1. The Balaban J connectivity index is 1.79. The first-order valence-electron chi connectivity index (χ1n) is 9.36. The SMILES string of the molecule is COC(=O)/C=C1\S\C(=N/N=C/C=C/c2ccccc2OC)N(Cc2ccccc2)C1=O. The van der Waals surface area contributed by atoms with Gasteiger partial charge >= 0.3 is 5.97 Å². The van der Waals surface area contributed by atoms with Crippen LogP contribution in [0.5, 0.6) is 5.75 Å². The number of thioether (sulfide) groups is 1. The highest BCUT2D eigenvalue weighted by atomic mass is 32.2. The van der Waals surface area contributed by atoms with Crippen molar-refractivity contribution in [2.45, 2.75) is 6.54 Å². The third-order valence-corrected chi connectivity index (χ3v) is 5.23. The zero-order chi connectivity index (χ0) is 22.1. The molecule has 1 amide bonds. The average Bonchev–Trinajstić information content (AvgIpc) is 3.08. The molecule has 1 aliphatic rings. The molecule has 0 bridgehead atoms. The van der Waals surface area contributed by atoms with Crippen LogP contribution in [-0.2, 0) is 20.9 Å². The average molecular weight is 436 g/mol. The van der Waals surface area contributed by atoms with E-state index in [2.05, 4.69) is 14.9 Å². The van der Waals surface area contributed by atoms with Crippen molar-refractivity contribution < 1.29 is 19.1 Å². The van der Waals surface area contributed by atoms with Crippen molar-refractivity contribution in [3.05, 3.63) is 82.8 Å². The maximum absolute atomic E-state index is 12.8. The Morgan fingerprint density at radius 3 is 2.58 bits per heavy atom. The first kappa shape index (κ1) is 22.0. The van der Waals surface area contributed by atoms with E-state index in [-0.39, 0.29) is 10.8 Å². The summed E-state index contributed by atoms with van der Waals surface area (Å²) in [5.41, 5.74) is 1.84. The Labute approximate surface area is 184 Å². The molecule has 2 aromatic carbocycles. The Morgan fingerprint density at radius 2 is 1.84 bits per heavy atom. The second-order valence-electron chi connectivity index (χ2n) is 6.26. The zero-order valence-electron chi connectivity index (χ0n) is 17.1. The fourth-order valence-corrected chi connectivity index (χ4v) is 3.62. The van der Waals surface area contributed by atoms with Crippen LogP contribution in [0.25, 0.3) is 6.08 Å². The van der Waals surface area contributed by atoms with E-state index >= 15 is 0 Å². The van der Waals surface area contributed by atoms with Crippen LogP contribution >= 0.6 is 11.8 Å². The topological polar surface area (TPSA) is 80.6 Å². The monoisotopic (exact) mass is 435 g/mol. The van der Waals surface area contributed by atoms with Crippen LogP contribution in [0, 0.1) is 0 Å². The number of methoxy groups -OCH3 is 2. The van der Waals surface area contributed by atoms with Gasteiger partial charge in [-0.2, -0.15) is 5.10 Å². The number of esters is 1. The second kappa shape index (κ2) is 10.9. The molecular formula is C23H21N3O4S. The van der Waals surface area contributed by atoms with Crippen LogP contribution in [0.1, 0.15) is 11.1 Å². The second-order valence-corrected chi connectivity index (χ2v) is 7.27. The molecule has 0 atom stereocenters. The summed E-state index contributed by atoms with van der Waals surface area (Å²) in [5.74, 6) is -0.167. The lowest BCUT2D eigenvalue weighted by atomic mass is 10.2. The van der Waals surface area contributed by atoms with Crippen molar-refractivity contribution in [3.8, 4) is 5.75 Å². The molecule has 1 fully saturated rings. The molecule has 8 heteroatoms. The largest absolute Gasteiger partial charge is 0.496 e. The summed E-state index contributed by atoms with van der Waals surface area (Å²) in [5, 5.41) is 8.63. The Hall–Kier alpha value is -3.65. The van der Waals surface area contributed by atoms with Gasteiger partial charge in [0, 0.05) is 17.9 Å². The third-order valence-electron chi connectivity index (χ3n) is 4.23. The molecule has 0 spiro atoms. The molecule has 1 heterocycles. The van der Waals surface area contributed by atoms with Crippen LogP contribution in [0.4, 0.5) is 0 Å². The van der Waals surface area contributed by atoms with Gasteiger partial charge in [-0.25, -0.2) is 4.79 Å². The van der Waals surface area contributed by atoms with Crippen LogP contribution in [0.3, 0.4) is 0 Å². The minimum absolute atomic E-state index is 0.237. The number of nitrogens with zero attached hydrogens (tertiary/aromatic N) is 3. The number of para-hydroxylation sites is 1. The Morgan fingerprint density at radius 1 is 1.10 bits per heavy atom. The highest BCUT2D eigenvalue weighted by Gasteiger charge is 2.34. The molecular weight excluding hydrogens is 414 g/mol. The lowest BCUT2D eigenvalue weighted by Crippen LogP contribution is -2.28. The predicted molar refractivity (Wildman–Crippen MR) is 123 cm³/mol. The van der Waals surface area contributed by atoms with Crippen LogP contribution < -0.4 is 4.74 Å². The number of allylic oxidation sites excluding steroid dienone is 1. The number of hydrogen-bond acceptors (Lipinski definition) is 7. The number of ether oxygens (including phenoxy) is 2. The number of amidine groups is 1. The van der Waals surface area contributed by atoms with Gasteiger partial charge in [0.1, 0.15) is 5.75 Å². The third kappa shape index (κ3) is 5.93. The van der Waals surface area contributed by atoms with Gasteiger partial charge in [0.2, 0.25) is 0 Å². The molecule has 3 rings (SSSR count). The fourth-order valence-electron chi connectivity index (χ4n) is 2.73. The predicted octanol–water partition coefficient (Wildman–Crippen LogP) is 3.88. The van der Waals surface area contributed by atoms with Crippen molar-refractivity contribution >= 4 is 41.1 Å². The lowest BCUT2D eigenvalue weighted by Gasteiger charge is -2.14. The van der Waals surface area contributed by atoms with Crippen LogP contribution in [0.2, 0.25) is 0 Å². The van der Waals surface area contributed by atoms with Crippen molar-refractivity contribution in [2.75, 3.05) is 14.2 Å². The van der Waals surface area contributed by atoms with E-state index in [9.17, 15) is 9.59 Å². The molecule has 0 saturated carbocycles. The molecule has 0 aliphatic carbocycles. The Kier molecular flexibility index (Phi) is 7.78. The van der Waals surface area contributed by atoms with Gasteiger partial charge in [-0.3, -0.25) is 9.69 Å². The fraction of sp³-hybridized carbons (Fsp3) is 0.130. The van der Waals surface area contributed by atoms with E-state index in [1.165, 1.54) is 24.3 Å². The highest BCUT2D eigenvalue weighted by Crippen LogP contribution is 2.32. The van der Waals surface area contributed by atoms with Crippen molar-refractivity contribution in [1.82, 2.24) is 4.90 Å². The molecule has 1 saturated heterocycles. The van der Waals surface area contributed by atoms with E-state index in [1.807, 2.05) is 60.7 Å². The molecule has 0 aromatic heterocycles. The minimum Gasteiger partial charge on any atom is -0.496 e. The number of rotatable bonds is 7. The van der Waals surface area contributed by atoms with Gasteiger partial charge in [-0.1, -0.05) is 48.5 Å². The van der Waals surface area contributed by atoms with E-state index in [1.54, 1.807) is 13.2 Å². The highest BCUT2D eigenvalue weighted by molar-refractivity contribution is 8.18. The van der Waals surface area contributed by atoms with E-state index < -0.39 is 5.97 Å². The van der Waals surface area contributed by atoms with E-state index in [0.29, 0.717) is 11.7 Å². The summed E-state index contributed by atoms with van der Waals surface area (Å²) >= 11 is 1.08. The van der Waals surface area contributed by atoms with Gasteiger partial charge in [0.05, 0.1) is 25.7 Å². The molecule has 158 valence electrons. The van der Waals surface area contributed by atoms with E-state index in [4.69, 9.17) is 4.74 Å². The molecule has 7 nitrogen and oxygen atoms in total. The maximum Gasteiger partial charge on any atom is 0.331 e. The van der Waals surface area contributed by atoms with Gasteiger partial charge in [0.25, 0.3) is 5.91 Å². The van der Waals surface area contributed by atoms with Crippen molar-refractivity contribution in [2.24, 2.45) is 10.2 Å². The maximum atomic E-state index is 12.8. The van der Waals surface area contributed by atoms with Crippen molar-refractivity contribution in [1.29, 1.82) is 0 Å². The van der Waals surface area contributed by atoms with Gasteiger partial charge in [-0.05, 0) is 35.5 Å². The molecule has 2 aromatic rings. The first-order valence-corrected chi connectivity index (χ1v) is 10.2. The molecule has 0 radical (unpaired) electrons.